The van der Waals surface area contributed by atoms with E-state index < -0.39 is 35.8 Å². The van der Waals surface area contributed by atoms with Crippen molar-refractivity contribution in [2.24, 2.45) is 11.8 Å². The molecule has 0 bridgehead atoms. The molecule has 0 aliphatic heterocycles. The van der Waals surface area contributed by atoms with Gasteiger partial charge in [0.15, 0.2) is 0 Å². The van der Waals surface area contributed by atoms with Gasteiger partial charge in [-0.3, -0.25) is 4.79 Å². The molecule has 2 N–H and O–H groups in total. The zero-order valence-electron chi connectivity index (χ0n) is 16.2. The number of carbonyl (C=O) groups is 3. The van der Waals surface area contributed by atoms with Crippen molar-refractivity contribution in [2.45, 2.75) is 33.3 Å². The number of aliphatic carboxylic acids is 1. The van der Waals surface area contributed by atoms with E-state index in [1.165, 1.54) is 24.3 Å². The van der Waals surface area contributed by atoms with Crippen molar-refractivity contribution < 1.29 is 38.9 Å². The highest BCUT2D eigenvalue weighted by Crippen LogP contribution is 2.12. The van der Waals surface area contributed by atoms with Gasteiger partial charge in [-0.25, -0.2) is 9.59 Å². The quantitative estimate of drug-likeness (QED) is 0.228. The Labute approximate surface area is 167 Å². The third kappa shape index (κ3) is 9.94. The van der Waals surface area contributed by atoms with Gasteiger partial charge in [-0.05, 0) is 30.0 Å². The van der Waals surface area contributed by atoms with Gasteiger partial charge in [0.05, 0.1) is 11.5 Å². The van der Waals surface area contributed by atoms with Crippen LogP contribution in [0.25, 0.3) is 0 Å². The SMILES string of the molecule is CC(C)CCC(CNC(=O)OCOC(=O)c1ccc(CO[N+](=O)[O-])cc1)C(=O)O. The number of hydrogen-bond donors (Lipinski definition) is 2. The van der Waals surface area contributed by atoms with Crippen molar-refractivity contribution in [1.82, 2.24) is 5.32 Å². The smallest absolute Gasteiger partial charge is 0.410 e. The van der Waals surface area contributed by atoms with Crippen molar-refractivity contribution in [1.29, 1.82) is 0 Å². The number of alkyl carbamates (subject to hydrolysis) is 1. The second-order valence-electron chi connectivity index (χ2n) is 6.56. The van der Waals surface area contributed by atoms with Crippen molar-refractivity contribution >= 4 is 18.0 Å². The molecule has 0 aliphatic rings. The van der Waals surface area contributed by atoms with E-state index in [4.69, 9.17) is 14.6 Å². The number of carboxylic acids is 1. The lowest BCUT2D eigenvalue weighted by Gasteiger charge is -2.14. The molecule has 0 aliphatic carbocycles. The van der Waals surface area contributed by atoms with Crippen LogP contribution >= 0.6 is 0 Å². The first-order valence-electron chi connectivity index (χ1n) is 8.85. The molecule has 0 saturated carbocycles. The zero-order valence-corrected chi connectivity index (χ0v) is 16.2. The van der Waals surface area contributed by atoms with Crippen LogP contribution in [0, 0.1) is 22.0 Å². The molecule has 29 heavy (non-hydrogen) atoms. The first kappa shape index (κ1) is 23.7. The fraction of sp³-hybridized carbons (Fsp3) is 0.500. The highest BCUT2D eigenvalue weighted by Gasteiger charge is 2.19. The Morgan fingerprint density at radius 2 is 1.79 bits per heavy atom. The molecule has 1 aromatic carbocycles. The van der Waals surface area contributed by atoms with Crippen LogP contribution in [0.2, 0.25) is 0 Å². The lowest BCUT2D eigenvalue weighted by atomic mass is 9.98. The van der Waals surface area contributed by atoms with Crippen LogP contribution < -0.4 is 5.32 Å². The molecule has 0 fully saturated rings. The van der Waals surface area contributed by atoms with Crippen LogP contribution in [-0.4, -0.2) is 41.6 Å². The molecule has 0 heterocycles. The van der Waals surface area contributed by atoms with E-state index in [1.807, 2.05) is 13.8 Å². The summed E-state index contributed by atoms with van der Waals surface area (Å²) >= 11 is 0. The number of rotatable bonds is 12. The van der Waals surface area contributed by atoms with Crippen LogP contribution in [0.15, 0.2) is 24.3 Å². The summed E-state index contributed by atoms with van der Waals surface area (Å²) in [5.74, 6) is -2.16. The number of hydrogen-bond acceptors (Lipinski definition) is 8. The van der Waals surface area contributed by atoms with Gasteiger partial charge in [0.2, 0.25) is 6.79 Å². The van der Waals surface area contributed by atoms with E-state index in [0.29, 0.717) is 24.3 Å². The number of esters is 1. The molecule has 160 valence electrons. The Bertz CT molecular complexity index is 704. The van der Waals surface area contributed by atoms with Gasteiger partial charge >= 0.3 is 18.0 Å². The van der Waals surface area contributed by atoms with E-state index in [1.54, 1.807) is 0 Å². The van der Waals surface area contributed by atoms with Gasteiger partial charge in [0, 0.05) is 6.54 Å². The predicted molar refractivity (Wildman–Crippen MR) is 98.2 cm³/mol. The first-order valence-corrected chi connectivity index (χ1v) is 8.85. The number of amides is 1. The Hall–Kier alpha value is -3.37. The largest absolute Gasteiger partial charge is 0.481 e. The van der Waals surface area contributed by atoms with Crippen LogP contribution in [0.1, 0.15) is 42.6 Å². The van der Waals surface area contributed by atoms with Crippen molar-refractivity contribution in [3.8, 4) is 0 Å². The first-order chi connectivity index (χ1) is 13.7. The molecule has 0 spiro atoms. The molecule has 1 amide bonds. The lowest BCUT2D eigenvalue weighted by Crippen LogP contribution is -2.34. The van der Waals surface area contributed by atoms with Gasteiger partial charge in [0.1, 0.15) is 6.61 Å². The monoisotopic (exact) mass is 412 g/mol. The number of carboxylic acid groups (broad SMARTS) is 1. The summed E-state index contributed by atoms with van der Waals surface area (Å²) in [4.78, 5) is 49.0. The van der Waals surface area contributed by atoms with Crippen LogP contribution in [0.4, 0.5) is 4.79 Å². The minimum absolute atomic E-state index is 0.0947. The standard InChI is InChI=1S/C18H24N2O9/c1-12(2)3-6-15(16(21)22)9-19-18(24)28-11-27-17(23)14-7-4-13(5-8-14)10-29-20(25)26/h4-5,7-8,12,15H,3,6,9-11H2,1-2H3,(H,19,24)(H,21,22). The molecule has 0 radical (unpaired) electrons. The maximum Gasteiger partial charge on any atom is 0.410 e. The third-order valence-electron chi connectivity index (χ3n) is 3.84. The summed E-state index contributed by atoms with van der Waals surface area (Å²) in [7, 11) is 0. The number of nitrogens with one attached hydrogen (secondary N) is 1. The van der Waals surface area contributed by atoms with Crippen LogP contribution in [-0.2, 0) is 25.7 Å². The molecular formula is C18H24N2O9. The van der Waals surface area contributed by atoms with Gasteiger partial charge in [-0.15, -0.1) is 10.1 Å². The van der Waals surface area contributed by atoms with E-state index in [-0.39, 0.29) is 18.7 Å². The Balaban J connectivity index is 2.34. The van der Waals surface area contributed by atoms with E-state index in [9.17, 15) is 24.5 Å². The molecule has 1 rings (SSSR count). The summed E-state index contributed by atoms with van der Waals surface area (Å²) in [5.41, 5.74) is 0.637. The number of nitrogens with zero attached hydrogens (tertiary/aromatic N) is 1. The summed E-state index contributed by atoms with van der Waals surface area (Å²) < 4.78 is 9.49. The Morgan fingerprint density at radius 3 is 2.34 bits per heavy atom. The van der Waals surface area contributed by atoms with E-state index in [0.717, 1.165) is 0 Å². The van der Waals surface area contributed by atoms with Crippen molar-refractivity contribution in [2.75, 3.05) is 13.3 Å². The highest BCUT2D eigenvalue weighted by atomic mass is 16.9. The normalized spacial score (nSPS) is 11.4. The fourth-order valence-corrected chi connectivity index (χ4v) is 2.19. The molecule has 1 atom stereocenters. The predicted octanol–water partition coefficient (Wildman–Crippen LogP) is 2.37. The topological polar surface area (TPSA) is 154 Å². The van der Waals surface area contributed by atoms with Gasteiger partial charge in [-0.2, -0.15) is 0 Å². The summed E-state index contributed by atoms with van der Waals surface area (Å²) in [5, 5.41) is 20.7. The van der Waals surface area contributed by atoms with Crippen LogP contribution in [0.5, 0.6) is 0 Å². The fourth-order valence-electron chi connectivity index (χ4n) is 2.19. The number of ether oxygens (including phenoxy) is 2. The minimum atomic E-state index is -1.01. The maximum atomic E-state index is 11.9. The zero-order chi connectivity index (χ0) is 21.8. The molecule has 0 aromatic heterocycles. The Kier molecular flexibility index (Phi) is 9.92. The second kappa shape index (κ2) is 12.2. The molecular weight excluding hydrogens is 388 g/mol. The molecule has 11 nitrogen and oxygen atoms in total. The molecule has 1 unspecified atom stereocenters. The second-order valence-corrected chi connectivity index (χ2v) is 6.56. The van der Waals surface area contributed by atoms with E-state index in [2.05, 4.69) is 10.2 Å². The van der Waals surface area contributed by atoms with Gasteiger partial charge in [-0.1, -0.05) is 32.4 Å². The van der Waals surface area contributed by atoms with Crippen molar-refractivity contribution in [3.63, 3.8) is 0 Å². The summed E-state index contributed by atoms with van der Waals surface area (Å²) in [6, 6.07) is 5.67. The number of benzene rings is 1. The number of carbonyl (C=O) groups excluding carboxylic acids is 2. The van der Waals surface area contributed by atoms with Crippen LogP contribution in [0.3, 0.4) is 0 Å². The highest BCUT2D eigenvalue weighted by molar-refractivity contribution is 5.89. The molecule has 1 aromatic rings. The summed E-state index contributed by atoms with van der Waals surface area (Å²) in [6.45, 7) is 2.95. The lowest BCUT2D eigenvalue weighted by molar-refractivity contribution is -0.763. The molecule has 11 heteroatoms. The summed E-state index contributed by atoms with van der Waals surface area (Å²) in [6.07, 6.45) is 0.230. The molecule has 0 saturated heterocycles. The van der Waals surface area contributed by atoms with Gasteiger partial charge in [0.25, 0.3) is 5.09 Å². The van der Waals surface area contributed by atoms with Crippen molar-refractivity contribution in [3.05, 3.63) is 45.5 Å². The van der Waals surface area contributed by atoms with Gasteiger partial charge < -0.3 is 24.7 Å². The minimum Gasteiger partial charge on any atom is -0.481 e. The average Bonchev–Trinajstić information content (AvgIpc) is 2.66. The van der Waals surface area contributed by atoms with E-state index >= 15 is 0 Å². The average molecular weight is 412 g/mol. The Morgan fingerprint density at radius 1 is 1.14 bits per heavy atom. The maximum absolute atomic E-state index is 11.9. The third-order valence-corrected chi connectivity index (χ3v) is 3.84.